The monoisotopic (exact) mass is 405 g/mol. The molecule has 5 nitrogen and oxygen atoms in total. The molecular formula is C20H21F2N3O2S. The summed E-state index contributed by atoms with van der Waals surface area (Å²) < 4.78 is 33.8. The van der Waals surface area contributed by atoms with Gasteiger partial charge in [-0.2, -0.15) is 0 Å². The molecule has 0 saturated carbocycles. The minimum Gasteiger partial charge on any atom is -0.383 e. The number of hydrogen-bond donors (Lipinski definition) is 1. The predicted octanol–water partition coefficient (Wildman–Crippen LogP) is 3.03. The zero-order valence-corrected chi connectivity index (χ0v) is 16.3. The van der Waals surface area contributed by atoms with Crippen LogP contribution in [0.5, 0.6) is 0 Å². The molecule has 148 valence electrons. The highest BCUT2D eigenvalue weighted by Crippen LogP contribution is 2.33. The molecule has 4 rings (SSSR count). The van der Waals surface area contributed by atoms with Crippen LogP contribution in [-0.4, -0.2) is 29.3 Å². The molecule has 1 atom stereocenters. The molecule has 8 heteroatoms. The first-order valence-corrected chi connectivity index (χ1v) is 10.0. The summed E-state index contributed by atoms with van der Waals surface area (Å²) in [5.74, 6) is -0.850. The fourth-order valence-electron chi connectivity index (χ4n) is 3.66. The van der Waals surface area contributed by atoms with Gasteiger partial charge in [0.1, 0.15) is 16.5 Å². The number of aryl methyl sites for hydroxylation is 1. The fraction of sp³-hybridized carbons (Fsp3) is 0.400. The van der Waals surface area contributed by atoms with Crippen molar-refractivity contribution in [3.05, 3.63) is 62.5 Å². The highest BCUT2D eigenvalue weighted by molar-refractivity contribution is 7.18. The molecule has 0 saturated heterocycles. The standard InChI is InChI=1S/C20H21F2N3O2S/c1-27-7-6-25-11-24-19-18(20(25)26)15-4-3-14(9-17(15)28-19)23-10-12-8-13(21)2-5-16(12)22/h2,5,8,11,14,23H,3-4,6-7,9-10H2,1H3. The van der Waals surface area contributed by atoms with Gasteiger partial charge >= 0.3 is 0 Å². The summed E-state index contributed by atoms with van der Waals surface area (Å²) in [7, 11) is 1.60. The average molecular weight is 405 g/mol. The number of nitrogens with one attached hydrogen (secondary N) is 1. The van der Waals surface area contributed by atoms with Gasteiger partial charge in [-0.25, -0.2) is 13.8 Å². The lowest BCUT2D eigenvalue weighted by molar-refractivity contribution is 0.186. The molecule has 28 heavy (non-hydrogen) atoms. The van der Waals surface area contributed by atoms with Crippen LogP contribution in [0.1, 0.15) is 22.4 Å². The van der Waals surface area contributed by atoms with Crippen molar-refractivity contribution < 1.29 is 13.5 Å². The second-order valence-corrected chi connectivity index (χ2v) is 8.06. The predicted molar refractivity (Wildman–Crippen MR) is 105 cm³/mol. The van der Waals surface area contributed by atoms with Crippen molar-refractivity contribution in [2.75, 3.05) is 13.7 Å². The number of thiophene rings is 1. The van der Waals surface area contributed by atoms with E-state index in [1.165, 1.54) is 6.07 Å². The third-order valence-corrected chi connectivity index (χ3v) is 6.32. The summed E-state index contributed by atoms with van der Waals surface area (Å²) in [5, 5.41) is 4.04. The molecule has 0 aliphatic heterocycles. The molecule has 1 unspecified atom stereocenters. The van der Waals surface area contributed by atoms with Gasteiger partial charge in [-0.1, -0.05) is 0 Å². The van der Waals surface area contributed by atoms with E-state index in [4.69, 9.17) is 4.74 Å². The highest BCUT2D eigenvalue weighted by atomic mass is 32.1. The average Bonchev–Trinajstić information content (AvgIpc) is 3.06. The number of aromatic nitrogens is 2. The minimum absolute atomic E-state index is 0.0206. The topological polar surface area (TPSA) is 56.2 Å². The molecule has 2 heterocycles. The molecule has 0 bridgehead atoms. The second kappa shape index (κ2) is 8.06. The van der Waals surface area contributed by atoms with Crippen LogP contribution >= 0.6 is 11.3 Å². The highest BCUT2D eigenvalue weighted by Gasteiger charge is 2.25. The van der Waals surface area contributed by atoms with Gasteiger partial charge in [0, 0.05) is 30.1 Å². The van der Waals surface area contributed by atoms with E-state index < -0.39 is 11.6 Å². The summed E-state index contributed by atoms with van der Waals surface area (Å²) in [6.07, 6.45) is 3.94. The van der Waals surface area contributed by atoms with Crippen LogP contribution in [0, 0.1) is 11.6 Å². The van der Waals surface area contributed by atoms with Gasteiger partial charge < -0.3 is 10.1 Å². The first-order chi connectivity index (χ1) is 13.6. The van der Waals surface area contributed by atoms with Crippen molar-refractivity contribution in [1.82, 2.24) is 14.9 Å². The Labute approximate surface area is 165 Å². The van der Waals surface area contributed by atoms with Crippen molar-refractivity contribution in [2.45, 2.75) is 38.4 Å². The Morgan fingerprint density at radius 2 is 2.25 bits per heavy atom. The lowest BCUT2D eigenvalue weighted by Gasteiger charge is -2.23. The van der Waals surface area contributed by atoms with Gasteiger partial charge in [0.25, 0.3) is 5.56 Å². The van der Waals surface area contributed by atoms with E-state index >= 15 is 0 Å². The van der Waals surface area contributed by atoms with Crippen LogP contribution in [-0.2, 0) is 30.7 Å². The Morgan fingerprint density at radius 3 is 3.07 bits per heavy atom. The molecule has 0 radical (unpaired) electrons. The smallest absolute Gasteiger partial charge is 0.262 e. The van der Waals surface area contributed by atoms with Crippen molar-refractivity contribution >= 4 is 21.6 Å². The number of hydrogen-bond acceptors (Lipinski definition) is 5. The van der Waals surface area contributed by atoms with Crippen LogP contribution in [0.15, 0.2) is 29.3 Å². The largest absolute Gasteiger partial charge is 0.383 e. The van der Waals surface area contributed by atoms with E-state index in [2.05, 4.69) is 10.3 Å². The maximum Gasteiger partial charge on any atom is 0.262 e. The van der Waals surface area contributed by atoms with E-state index in [9.17, 15) is 13.6 Å². The maximum absolute atomic E-state index is 13.8. The Morgan fingerprint density at radius 1 is 1.39 bits per heavy atom. The Balaban J connectivity index is 1.52. The molecule has 0 spiro atoms. The van der Waals surface area contributed by atoms with Gasteiger partial charge in [-0.3, -0.25) is 9.36 Å². The summed E-state index contributed by atoms with van der Waals surface area (Å²) in [6.45, 7) is 1.21. The zero-order chi connectivity index (χ0) is 19.7. The van der Waals surface area contributed by atoms with Crippen molar-refractivity contribution in [3.63, 3.8) is 0 Å². The molecule has 1 N–H and O–H groups in total. The number of halogens is 2. The molecule has 0 fully saturated rings. The molecule has 1 aliphatic carbocycles. The summed E-state index contributed by atoms with van der Waals surface area (Å²) in [5.41, 5.74) is 1.39. The summed E-state index contributed by atoms with van der Waals surface area (Å²) in [4.78, 5) is 19.2. The van der Waals surface area contributed by atoms with E-state index in [0.717, 1.165) is 46.7 Å². The molecular weight excluding hydrogens is 384 g/mol. The van der Waals surface area contributed by atoms with Crippen LogP contribution in [0.3, 0.4) is 0 Å². The zero-order valence-electron chi connectivity index (χ0n) is 15.5. The van der Waals surface area contributed by atoms with Crippen molar-refractivity contribution in [1.29, 1.82) is 0 Å². The van der Waals surface area contributed by atoms with Gasteiger partial charge in [-0.05, 0) is 43.0 Å². The molecule has 2 aromatic heterocycles. The fourth-order valence-corrected chi connectivity index (χ4v) is 4.92. The molecule has 1 aromatic carbocycles. The quantitative estimate of drug-likeness (QED) is 0.685. The van der Waals surface area contributed by atoms with Gasteiger partial charge in [0.05, 0.1) is 24.9 Å². The third-order valence-electron chi connectivity index (χ3n) is 5.16. The third kappa shape index (κ3) is 3.72. The van der Waals surface area contributed by atoms with Gasteiger partial charge in [0.15, 0.2) is 0 Å². The van der Waals surface area contributed by atoms with E-state index in [0.29, 0.717) is 24.1 Å². The SMILES string of the molecule is COCCn1cnc2sc3c(c2c1=O)CCC(NCc1cc(F)ccc1F)C3. The van der Waals surface area contributed by atoms with Gasteiger partial charge in [0.2, 0.25) is 0 Å². The summed E-state index contributed by atoms with van der Waals surface area (Å²) >= 11 is 1.55. The lowest BCUT2D eigenvalue weighted by atomic mass is 9.93. The van der Waals surface area contributed by atoms with Crippen LogP contribution in [0.2, 0.25) is 0 Å². The number of benzene rings is 1. The van der Waals surface area contributed by atoms with Gasteiger partial charge in [-0.15, -0.1) is 11.3 Å². The number of fused-ring (bicyclic) bond motifs is 3. The van der Waals surface area contributed by atoms with Crippen LogP contribution in [0.4, 0.5) is 8.78 Å². The second-order valence-electron chi connectivity index (χ2n) is 6.98. The maximum atomic E-state index is 13.8. The minimum atomic E-state index is -0.440. The normalized spacial score (nSPS) is 16.5. The summed E-state index contributed by atoms with van der Waals surface area (Å²) in [6, 6.07) is 3.65. The molecule has 1 aliphatic rings. The Kier molecular flexibility index (Phi) is 5.52. The van der Waals surface area contributed by atoms with Crippen molar-refractivity contribution in [2.24, 2.45) is 0 Å². The lowest BCUT2D eigenvalue weighted by Crippen LogP contribution is -2.34. The number of methoxy groups -OCH3 is 1. The van der Waals surface area contributed by atoms with E-state index in [1.807, 2.05) is 0 Å². The van der Waals surface area contributed by atoms with E-state index in [-0.39, 0.29) is 18.1 Å². The van der Waals surface area contributed by atoms with E-state index in [1.54, 1.807) is 29.3 Å². The Hall–Kier alpha value is -2.16. The first-order valence-electron chi connectivity index (χ1n) is 9.22. The van der Waals surface area contributed by atoms with Crippen LogP contribution in [0.25, 0.3) is 10.2 Å². The molecule has 0 amide bonds. The Bertz CT molecular complexity index is 1060. The first kappa shape index (κ1) is 19.2. The number of nitrogens with zero attached hydrogens (tertiary/aromatic N) is 2. The number of rotatable bonds is 6. The molecule has 3 aromatic rings. The number of ether oxygens (including phenoxy) is 1. The van der Waals surface area contributed by atoms with Crippen LogP contribution < -0.4 is 10.9 Å². The van der Waals surface area contributed by atoms with Crippen molar-refractivity contribution in [3.8, 4) is 0 Å².